The smallest absolute Gasteiger partial charge is 0.311 e. The molecule has 0 aromatic heterocycles. The first-order chi connectivity index (χ1) is 8.10. The summed E-state index contributed by atoms with van der Waals surface area (Å²) < 4.78 is 9.39. The van der Waals surface area contributed by atoms with Gasteiger partial charge < -0.3 is 9.47 Å². The maximum absolute atomic E-state index is 11.5. The third-order valence-corrected chi connectivity index (χ3v) is 1.96. The lowest BCUT2D eigenvalue weighted by Gasteiger charge is -2.14. The Morgan fingerprint density at radius 3 is 2.06 bits per heavy atom. The molecule has 0 heterocycles. The van der Waals surface area contributed by atoms with E-state index in [1.54, 1.807) is 26.0 Å². The fourth-order valence-electron chi connectivity index (χ4n) is 1.19. The van der Waals surface area contributed by atoms with Crippen molar-refractivity contribution in [2.75, 3.05) is 13.2 Å². The van der Waals surface area contributed by atoms with E-state index in [1.165, 1.54) is 0 Å². The molecule has 0 aliphatic rings. The van der Waals surface area contributed by atoms with Crippen molar-refractivity contribution in [2.45, 2.75) is 20.3 Å². The Bertz CT molecular complexity index is 339. The van der Waals surface area contributed by atoms with E-state index in [2.05, 4.69) is 4.74 Å². The number of nitrogens with zero attached hydrogens (tertiary/aromatic N) is 2. The molecule has 0 bridgehead atoms. The third-order valence-electron chi connectivity index (χ3n) is 1.96. The molecule has 0 aliphatic heterocycles. The molecule has 17 heavy (non-hydrogen) atoms. The summed E-state index contributed by atoms with van der Waals surface area (Å²) in [6, 6.07) is 3.34. The molecule has 6 heteroatoms. The molecule has 0 saturated heterocycles. The molecule has 0 rings (SSSR count). The van der Waals surface area contributed by atoms with Gasteiger partial charge in [0.1, 0.15) is 5.92 Å². The van der Waals surface area contributed by atoms with E-state index in [0.29, 0.717) is 0 Å². The lowest BCUT2D eigenvalue weighted by Crippen LogP contribution is -2.27. The summed E-state index contributed by atoms with van der Waals surface area (Å²) in [5.74, 6) is -3.66. The van der Waals surface area contributed by atoms with Crippen LogP contribution in [0.3, 0.4) is 0 Å². The van der Waals surface area contributed by atoms with Crippen molar-refractivity contribution in [3.8, 4) is 12.1 Å². The minimum absolute atomic E-state index is 0.127. The minimum atomic E-state index is -1.21. The molecule has 0 aliphatic carbocycles. The van der Waals surface area contributed by atoms with Gasteiger partial charge in [0.05, 0.1) is 37.7 Å². The highest BCUT2D eigenvalue weighted by Crippen LogP contribution is 2.18. The van der Waals surface area contributed by atoms with Gasteiger partial charge in [-0.2, -0.15) is 10.5 Å². The van der Waals surface area contributed by atoms with Crippen molar-refractivity contribution in [3.63, 3.8) is 0 Å². The summed E-state index contributed by atoms with van der Waals surface area (Å²) in [5, 5.41) is 17.4. The minimum Gasteiger partial charge on any atom is -0.466 e. The highest BCUT2D eigenvalue weighted by molar-refractivity contribution is 5.80. The normalized spacial score (nSPS) is 11.1. The molecule has 1 atom stereocenters. The Balaban J connectivity index is 4.75. The van der Waals surface area contributed by atoms with Gasteiger partial charge in [-0.3, -0.25) is 9.59 Å². The van der Waals surface area contributed by atoms with Crippen molar-refractivity contribution in [1.29, 1.82) is 10.5 Å². The van der Waals surface area contributed by atoms with Gasteiger partial charge in [0.15, 0.2) is 0 Å². The van der Waals surface area contributed by atoms with Crippen molar-refractivity contribution < 1.29 is 19.1 Å². The number of hydrogen-bond acceptors (Lipinski definition) is 6. The molecule has 0 spiro atoms. The van der Waals surface area contributed by atoms with Crippen LogP contribution in [0.1, 0.15) is 20.3 Å². The first-order valence-corrected chi connectivity index (χ1v) is 5.22. The molecular formula is C11H14N2O4. The SMILES string of the molecule is CCOC(=O)CC(C(=O)OCC)C(C#N)C#N. The van der Waals surface area contributed by atoms with Crippen LogP contribution in [0, 0.1) is 34.5 Å². The number of ether oxygens (including phenoxy) is 2. The molecule has 6 nitrogen and oxygen atoms in total. The molecule has 0 fully saturated rings. The molecule has 0 amide bonds. The van der Waals surface area contributed by atoms with E-state index in [1.807, 2.05) is 0 Å². The molecule has 92 valence electrons. The number of carbonyl (C=O) groups is 2. The van der Waals surface area contributed by atoms with Crippen LogP contribution in [0.5, 0.6) is 0 Å². The summed E-state index contributed by atoms with van der Waals surface area (Å²) >= 11 is 0. The number of rotatable bonds is 6. The highest BCUT2D eigenvalue weighted by atomic mass is 16.5. The summed E-state index contributed by atoms with van der Waals surface area (Å²) in [6.45, 7) is 3.54. The number of nitriles is 2. The third kappa shape index (κ3) is 4.98. The summed E-state index contributed by atoms with van der Waals surface area (Å²) in [6.07, 6.45) is -0.321. The van der Waals surface area contributed by atoms with Crippen LogP contribution in [0.4, 0.5) is 0 Å². The average molecular weight is 238 g/mol. The predicted octanol–water partition coefficient (Wildman–Crippen LogP) is 0.782. The van der Waals surface area contributed by atoms with Crippen molar-refractivity contribution >= 4 is 11.9 Å². The van der Waals surface area contributed by atoms with Crippen LogP contribution in [0.25, 0.3) is 0 Å². The van der Waals surface area contributed by atoms with E-state index < -0.39 is 23.8 Å². The zero-order valence-electron chi connectivity index (χ0n) is 9.80. The van der Waals surface area contributed by atoms with E-state index in [9.17, 15) is 9.59 Å². The first-order valence-electron chi connectivity index (χ1n) is 5.22. The maximum Gasteiger partial charge on any atom is 0.311 e. The Morgan fingerprint density at radius 1 is 1.12 bits per heavy atom. The first kappa shape index (κ1) is 14.9. The van der Waals surface area contributed by atoms with Crippen LogP contribution in [0.15, 0.2) is 0 Å². The van der Waals surface area contributed by atoms with Crippen molar-refractivity contribution in [1.82, 2.24) is 0 Å². The van der Waals surface area contributed by atoms with E-state index in [0.717, 1.165) is 0 Å². The Labute approximate surface area is 99.7 Å². The van der Waals surface area contributed by atoms with Gasteiger partial charge in [-0.05, 0) is 13.8 Å². The molecule has 0 N–H and O–H groups in total. The Morgan fingerprint density at radius 2 is 1.65 bits per heavy atom. The second-order valence-corrected chi connectivity index (χ2v) is 3.10. The van der Waals surface area contributed by atoms with Gasteiger partial charge in [-0.25, -0.2) is 0 Å². The second kappa shape index (κ2) is 8.12. The molecule has 0 aromatic carbocycles. The fourth-order valence-corrected chi connectivity index (χ4v) is 1.19. The van der Waals surface area contributed by atoms with E-state index in [4.69, 9.17) is 15.3 Å². The summed E-state index contributed by atoms with van der Waals surface area (Å²) in [7, 11) is 0. The Kier molecular flexibility index (Phi) is 7.12. The number of carbonyl (C=O) groups excluding carboxylic acids is 2. The van der Waals surface area contributed by atoms with Crippen LogP contribution < -0.4 is 0 Å². The molecule has 0 aromatic rings. The maximum atomic E-state index is 11.5. The lowest BCUT2D eigenvalue weighted by atomic mass is 9.92. The largest absolute Gasteiger partial charge is 0.466 e. The second-order valence-electron chi connectivity index (χ2n) is 3.10. The van der Waals surface area contributed by atoms with Crippen LogP contribution in [-0.4, -0.2) is 25.2 Å². The standard InChI is InChI=1S/C11H14N2O4/c1-3-16-10(14)5-9(8(6-12)7-13)11(15)17-4-2/h8-9H,3-5H2,1-2H3. The lowest BCUT2D eigenvalue weighted by molar-refractivity contribution is -0.155. The van der Waals surface area contributed by atoms with Gasteiger partial charge in [0, 0.05) is 0 Å². The van der Waals surface area contributed by atoms with Crippen molar-refractivity contribution in [2.24, 2.45) is 11.8 Å². The van der Waals surface area contributed by atoms with Crippen molar-refractivity contribution in [3.05, 3.63) is 0 Å². The van der Waals surface area contributed by atoms with Gasteiger partial charge in [0.2, 0.25) is 0 Å². The average Bonchev–Trinajstić information content (AvgIpc) is 2.30. The van der Waals surface area contributed by atoms with Gasteiger partial charge in [0.25, 0.3) is 0 Å². The van der Waals surface area contributed by atoms with Crippen LogP contribution in [0.2, 0.25) is 0 Å². The van der Waals surface area contributed by atoms with Crippen LogP contribution in [-0.2, 0) is 19.1 Å². The van der Waals surface area contributed by atoms with Gasteiger partial charge >= 0.3 is 11.9 Å². The zero-order chi connectivity index (χ0) is 13.3. The molecule has 0 radical (unpaired) electrons. The predicted molar refractivity (Wildman–Crippen MR) is 56.1 cm³/mol. The van der Waals surface area contributed by atoms with Gasteiger partial charge in [-0.1, -0.05) is 0 Å². The number of esters is 2. The monoisotopic (exact) mass is 238 g/mol. The van der Waals surface area contributed by atoms with E-state index >= 15 is 0 Å². The number of hydrogen-bond donors (Lipinski definition) is 0. The molecule has 0 saturated carbocycles. The summed E-state index contributed by atoms with van der Waals surface area (Å²) in [5.41, 5.74) is 0. The zero-order valence-corrected chi connectivity index (χ0v) is 9.80. The highest BCUT2D eigenvalue weighted by Gasteiger charge is 2.32. The topological polar surface area (TPSA) is 100 Å². The molecular weight excluding hydrogens is 224 g/mol. The van der Waals surface area contributed by atoms with E-state index in [-0.39, 0.29) is 19.6 Å². The fraction of sp³-hybridized carbons (Fsp3) is 0.636. The molecule has 1 unspecified atom stereocenters. The quantitative estimate of drug-likeness (QED) is 0.634. The summed E-state index contributed by atoms with van der Waals surface area (Å²) in [4.78, 5) is 22.8. The Hall–Kier alpha value is -2.08. The van der Waals surface area contributed by atoms with Gasteiger partial charge in [-0.15, -0.1) is 0 Å². The van der Waals surface area contributed by atoms with Crippen LogP contribution >= 0.6 is 0 Å².